The Morgan fingerprint density at radius 2 is 2.15 bits per heavy atom. The average molecular weight is 295 g/mol. The van der Waals surface area contributed by atoms with Crippen molar-refractivity contribution in [1.82, 2.24) is 10.2 Å². The van der Waals surface area contributed by atoms with Gasteiger partial charge in [0, 0.05) is 17.5 Å². The first-order valence-corrected chi connectivity index (χ1v) is 7.73. The predicted molar refractivity (Wildman–Crippen MR) is 82.9 cm³/mol. The second-order valence-electron chi connectivity index (χ2n) is 5.44. The van der Waals surface area contributed by atoms with Gasteiger partial charge in [-0.1, -0.05) is 29.8 Å². The molecule has 0 heterocycles. The van der Waals surface area contributed by atoms with Crippen LogP contribution >= 0.6 is 11.6 Å². The molecule has 1 aromatic rings. The molecule has 1 atom stereocenters. The molecule has 4 heteroatoms. The highest BCUT2D eigenvalue weighted by Crippen LogP contribution is 2.36. The second kappa shape index (κ2) is 7.09. The molecular formula is C16H23ClN2O. The number of hydrogen-bond donors (Lipinski definition) is 1. The Morgan fingerprint density at radius 3 is 2.75 bits per heavy atom. The van der Waals surface area contributed by atoms with E-state index in [2.05, 4.69) is 12.2 Å². The summed E-state index contributed by atoms with van der Waals surface area (Å²) in [6, 6.07) is 8.28. The minimum Gasteiger partial charge on any atom is -0.333 e. The number of rotatable bonds is 7. The van der Waals surface area contributed by atoms with Crippen LogP contribution in [0.25, 0.3) is 0 Å². The number of amides is 1. The zero-order valence-electron chi connectivity index (χ0n) is 12.2. The van der Waals surface area contributed by atoms with Gasteiger partial charge in [0.25, 0.3) is 0 Å². The molecule has 1 saturated carbocycles. The fourth-order valence-electron chi connectivity index (χ4n) is 2.60. The van der Waals surface area contributed by atoms with Gasteiger partial charge >= 0.3 is 0 Å². The van der Waals surface area contributed by atoms with Crippen molar-refractivity contribution in [2.75, 3.05) is 13.6 Å². The minimum atomic E-state index is 0.0540. The van der Waals surface area contributed by atoms with Crippen LogP contribution in [0.5, 0.6) is 0 Å². The fraction of sp³-hybridized carbons (Fsp3) is 0.562. The van der Waals surface area contributed by atoms with Crippen LogP contribution in [0.1, 0.15) is 44.2 Å². The third-order valence-electron chi connectivity index (χ3n) is 3.82. The van der Waals surface area contributed by atoms with E-state index in [-0.39, 0.29) is 11.9 Å². The fourth-order valence-corrected chi connectivity index (χ4v) is 2.89. The van der Waals surface area contributed by atoms with Crippen LogP contribution in [0.3, 0.4) is 0 Å². The maximum atomic E-state index is 12.5. The van der Waals surface area contributed by atoms with E-state index in [1.807, 2.05) is 36.2 Å². The van der Waals surface area contributed by atoms with Gasteiger partial charge in [-0.2, -0.15) is 0 Å². The van der Waals surface area contributed by atoms with Gasteiger partial charge in [-0.05, 0) is 51.4 Å². The molecule has 0 aliphatic heterocycles. The molecule has 2 rings (SSSR count). The summed E-state index contributed by atoms with van der Waals surface area (Å²) in [4.78, 5) is 14.5. The van der Waals surface area contributed by atoms with Crippen molar-refractivity contribution in [3.05, 3.63) is 34.9 Å². The summed E-state index contributed by atoms with van der Waals surface area (Å²) in [6.45, 7) is 2.96. The molecule has 3 nitrogen and oxygen atoms in total. The van der Waals surface area contributed by atoms with Gasteiger partial charge in [0.15, 0.2) is 0 Å². The Hall–Kier alpha value is -1.06. The van der Waals surface area contributed by atoms with Crippen molar-refractivity contribution in [1.29, 1.82) is 0 Å². The van der Waals surface area contributed by atoms with Crippen LogP contribution in [-0.4, -0.2) is 30.4 Å². The number of nitrogens with one attached hydrogen (secondary N) is 1. The van der Waals surface area contributed by atoms with Crippen molar-refractivity contribution in [2.45, 2.75) is 44.7 Å². The average Bonchev–Trinajstić information content (AvgIpc) is 3.24. The van der Waals surface area contributed by atoms with Gasteiger partial charge in [0.2, 0.25) is 5.91 Å². The Labute approximate surface area is 126 Å². The number of carbonyl (C=O) groups excluding carboxylic acids is 1. The van der Waals surface area contributed by atoms with E-state index in [9.17, 15) is 4.79 Å². The number of carbonyl (C=O) groups is 1. The molecule has 0 saturated heterocycles. The quantitative estimate of drug-likeness (QED) is 0.782. The smallest absolute Gasteiger partial charge is 0.223 e. The highest BCUT2D eigenvalue weighted by Gasteiger charge is 2.36. The zero-order valence-corrected chi connectivity index (χ0v) is 13.0. The van der Waals surface area contributed by atoms with E-state index in [0.717, 1.165) is 36.4 Å². The molecule has 0 radical (unpaired) electrons. The Balaban J connectivity index is 2.08. The molecule has 1 unspecified atom stereocenters. The topological polar surface area (TPSA) is 32.3 Å². The molecule has 0 spiro atoms. The standard InChI is InChI=1S/C16H23ClN2O/c1-12(14-6-3-4-7-15(14)17)19(13-9-10-13)16(20)8-5-11-18-2/h3-4,6-7,12-13,18H,5,8-11H2,1-2H3. The van der Waals surface area contributed by atoms with Crippen molar-refractivity contribution in [2.24, 2.45) is 0 Å². The van der Waals surface area contributed by atoms with Crippen molar-refractivity contribution >= 4 is 17.5 Å². The Kier molecular flexibility index (Phi) is 5.44. The van der Waals surface area contributed by atoms with E-state index in [1.165, 1.54) is 0 Å². The van der Waals surface area contributed by atoms with Gasteiger partial charge in [-0.25, -0.2) is 0 Å². The predicted octanol–water partition coefficient (Wildman–Crippen LogP) is 3.39. The molecular weight excluding hydrogens is 272 g/mol. The van der Waals surface area contributed by atoms with Crippen molar-refractivity contribution < 1.29 is 4.79 Å². The summed E-state index contributed by atoms with van der Waals surface area (Å²) < 4.78 is 0. The largest absolute Gasteiger partial charge is 0.333 e. The SMILES string of the molecule is CNCCCC(=O)N(C1CC1)C(C)c1ccccc1Cl. The third-order valence-corrected chi connectivity index (χ3v) is 4.16. The highest BCUT2D eigenvalue weighted by molar-refractivity contribution is 6.31. The molecule has 1 aliphatic carbocycles. The lowest BCUT2D eigenvalue weighted by Gasteiger charge is -2.30. The minimum absolute atomic E-state index is 0.0540. The van der Waals surface area contributed by atoms with Crippen LogP contribution in [-0.2, 0) is 4.79 Å². The maximum absolute atomic E-state index is 12.5. The summed E-state index contributed by atoms with van der Waals surface area (Å²) >= 11 is 6.27. The normalized spacial score (nSPS) is 15.9. The van der Waals surface area contributed by atoms with Crippen molar-refractivity contribution in [3.63, 3.8) is 0 Å². The monoisotopic (exact) mass is 294 g/mol. The summed E-state index contributed by atoms with van der Waals surface area (Å²) in [6.07, 6.45) is 3.72. The molecule has 0 bridgehead atoms. The molecule has 110 valence electrons. The molecule has 20 heavy (non-hydrogen) atoms. The van der Waals surface area contributed by atoms with E-state index >= 15 is 0 Å². The van der Waals surface area contributed by atoms with Gasteiger partial charge in [-0.15, -0.1) is 0 Å². The van der Waals surface area contributed by atoms with Gasteiger partial charge in [-0.3, -0.25) is 4.79 Å². The number of hydrogen-bond acceptors (Lipinski definition) is 2. The maximum Gasteiger partial charge on any atom is 0.223 e. The molecule has 0 aromatic heterocycles. The van der Waals surface area contributed by atoms with Crippen LogP contribution in [0.15, 0.2) is 24.3 Å². The molecule has 1 N–H and O–H groups in total. The van der Waals surface area contributed by atoms with Crippen LogP contribution < -0.4 is 5.32 Å². The zero-order chi connectivity index (χ0) is 14.5. The lowest BCUT2D eigenvalue weighted by Crippen LogP contribution is -2.35. The first-order valence-electron chi connectivity index (χ1n) is 7.35. The lowest BCUT2D eigenvalue weighted by molar-refractivity contribution is -0.134. The van der Waals surface area contributed by atoms with E-state index < -0.39 is 0 Å². The second-order valence-corrected chi connectivity index (χ2v) is 5.84. The first kappa shape index (κ1) is 15.3. The van der Waals surface area contributed by atoms with Gasteiger partial charge in [0.05, 0.1) is 6.04 Å². The number of halogens is 1. The number of benzene rings is 1. The molecule has 1 aromatic carbocycles. The summed E-state index contributed by atoms with van der Waals surface area (Å²) in [5, 5.41) is 3.83. The van der Waals surface area contributed by atoms with Crippen molar-refractivity contribution in [3.8, 4) is 0 Å². The molecule has 1 fully saturated rings. The highest BCUT2D eigenvalue weighted by atomic mass is 35.5. The summed E-state index contributed by atoms with van der Waals surface area (Å²) in [5.74, 6) is 0.246. The first-order chi connectivity index (χ1) is 9.65. The van der Waals surface area contributed by atoms with Crippen LogP contribution in [0.2, 0.25) is 5.02 Å². The molecule has 1 amide bonds. The van der Waals surface area contributed by atoms with Crippen LogP contribution in [0, 0.1) is 0 Å². The summed E-state index contributed by atoms with van der Waals surface area (Å²) in [5.41, 5.74) is 1.04. The van der Waals surface area contributed by atoms with E-state index in [4.69, 9.17) is 11.6 Å². The third kappa shape index (κ3) is 3.74. The van der Waals surface area contributed by atoms with E-state index in [0.29, 0.717) is 12.5 Å². The van der Waals surface area contributed by atoms with E-state index in [1.54, 1.807) is 0 Å². The molecule has 1 aliphatic rings. The lowest BCUT2D eigenvalue weighted by atomic mass is 10.1. The Morgan fingerprint density at radius 1 is 1.45 bits per heavy atom. The summed E-state index contributed by atoms with van der Waals surface area (Å²) in [7, 11) is 1.91. The van der Waals surface area contributed by atoms with Crippen LogP contribution in [0.4, 0.5) is 0 Å². The number of nitrogens with zero attached hydrogens (tertiary/aromatic N) is 1. The van der Waals surface area contributed by atoms with Gasteiger partial charge in [0.1, 0.15) is 0 Å². The van der Waals surface area contributed by atoms with Gasteiger partial charge < -0.3 is 10.2 Å². The Bertz CT molecular complexity index is 460.